The number of anilines is 1. The van der Waals surface area contributed by atoms with Crippen LogP contribution in [0.4, 0.5) is 5.69 Å². The predicted molar refractivity (Wildman–Crippen MR) is 116 cm³/mol. The van der Waals surface area contributed by atoms with E-state index >= 15 is 0 Å². The van der Waals surface area contributed by atoms with E-state index in [4.69, 9.17) is 0 Å². The van der Waals surface area contributed by atoms with Crippen LogP contribution in [-0.2, 0) is 9.84 Å². The second-order valence-corrected chi connectivity index (χ2v) is 11.0. The molecule has 1 aromatic carbocycles. The van der Waals surface area contributed by atoms with Gasteiger partial charge >= 0.3 is 0 Å². The number of rotatable bonds is 3. The minimum Gasteiger partial charge on any atom is -0.365 e. The van der Waals surface area contributed by atoms with Gasteiger partial charge in [0.2, 0.25) is 0 Å². The van der Waals surface area contributed by atoms with E-state index in [2.05, 4.69) is 25.9 Å². The van der Waals surface area contributed by atoms with Crippen molar-refractivity contribution in [2.75, 3.05) is 42.6 Å². The molecule has 7 nitrogen and oxygen atoms in total. The predicted octanol–water partition coefficient (Wildman–Crippen LogP) is 2.58. The van der Waals surface area contributed by atoms with Crippen molar-refractivity contribution in [2.45, 2.75) is 26.3 Å². The first-order valence-corrected chi connectivity index (χ1v) is 12.4. The van der Waals surface area contributed by atoms with E-state index < -0.39 is 9.84 Å². The van der Waals surface area contributed by atoms with Crippen LogP contribution in [0.2, 0.25) is 0 Å². The van der Waals surface area contributed by atoms with Gasteiger partial charge in [0.05, 0.1) is 34.6 Å². The molecule has 9 heteroatoms. The summed E-state index contributed by atoms with van der Waals surface area (Å²) >= 11 is 3.42. The lowest BCUT2D eigenvalue weighted by atomic mass is 10.1. The fourth-order valence-corrected chi connectivity index (χ4v) is 6.46. The van der Waals surface area contributed by atoms with E-state index in [-0.39, 0.29) is 23.5 Å². The van der Waals surface area contributed by atoms with Gasteiger partial charge in [0, 0.05) is 36.2 Å². The molecule has 2 aliphatic rings. The number of carbonyl (C=O) groups is 1. The van der Waals surface area contributed by atoms with E-state index in [9.17, 15) is 13.2 Å². The van der Waals surface area contributed by atoms with Crippen LogP contribution in [0, 0.1) is 13.8 Å². The first-order chi connectivity index (χ1) is 13.7. The van der Waals surface area contributed by atoms with Crippen LogP contribution in [-0.4, -0.2) is 66.7 Å². The molecule has 1 atom stereocenters. The summed E-state index contributed by atoms with van der Waals surface area (Å²) in [6.07, 6.45) is 0.624. The number of halogens is 1. The summed E-state index contributed by atoms with van der Waals surface area (Å²) in [7, 11) is -2.96. The standard InChI is InChI=1S/C20H25BrN4O3S/c1-14-19(15(2)25(22-14)18-6-11-29(27,28)13-18)23-7-9-24(10-8-23)20(26)16-4-3-5-17(21)12-16/h3-5,12,18H,6-11,13H2,1-2H3. The molecule has 0 radical (unpaired) electrons. The summed E-state index contributed by atoms with van der Waals surface area (Å²) in [6.45, 7) is 6.74. The molecule has 0 spiro atoms. The number of hydrogen-bond acceptors (Lipinski definition) is 5. The van der Waals surface area contributed by atoms with Gasteiger partial charge in [-0.05, 0) is 38.5 Å². The van der Waals surface area contributed by atoms with E-state index in [1.807, 2.05) is 47.7 Å². The number of benzene rings is 1. The largest absolute Gasteiger partial charge is 0.365 e. The molecule has 0 N–H and O–H groups in total. The highest BCUT2D eigenvalue weighted by molar-refractivity contribution is 9.10. The van der Waals surface area contributed by atoms with E-state index in [1.165, 1.54) is 0 Å². The molecule has 2 fully saturated rings. The minimum absolute atomic E-state index is 0.0475. The Morgan fingerprint density at radius 1 is 1.17 bits per heavy atom. The van der Waals surface area contributed by atoms with Crippen molar-refractivity contribution >= 4 is 37.4 Å². The Labute approximate surface area is 179 Å². The number of amides is 1. The van der Waals surface area contributed by atoms with Gasteiger partial charge in [0.15, 0.2) is 9.84 Å². The third kappa shape index (κ3) is 4.07. The average molecular weight is 481 g/mol. The van der Waals surface area contributed by atoms with E-state index in [1.54, 1.807) is 0 Å². The lowest BCUT2D eigenvalue weighted by molar-refractivity contribution is 0.0746. The van der Waals surface area contributed by atoms with Gasteiger partial charge in [0.25, 0.3) is 5.91 Å². The molecule has 0 bridgehead atoms. The van der Waals surface area contributed by atoms with Crippen LogP contribution in [0.3, 0.4) is 0 Å². The van der Waals surface area contributed by atoms with Crippen molar-refractivity contribution in [3.8, 4) is 0 Å². The molecule has 2 aliphatic heterocycles. The van der Waals surface area contributed by atoms with Crippen molar-refractivity contribution in [3.63, 3.8) is 0 Å². The van der Waals surface area contributed by atoms with Crippen molar-refractivity contribution < 1.29 is 13.2 Å². The van der Waals surface area contributed by atoms with Gasteiger partial charge in [0.1, 0.15) is 0 Å². The van der Waals surface area contributed by atoms with Gasteiger partial charge in [-0.15, -0.1) is 0 Å². The van der Waals surface area contributed by atoms with E-state index in [0.29, 0.717) is 25.1 Å². The number of piperazine rings is 1. The summed E-state index contributed by atoms with van der Waals surface area (Å²) in [4.78, 5) is 16.9. The quantitative estimate of drug-likeness (QED) is 0.674. The van der Waals surface area contributed by atoms with Gasteiger partial charge < -0.3 is 9.80 Å². The minimum atomic E-state index is -2.96. The van der Waals surface area contributed by atoms with Crippen LogP contribution in [0.25, 0.3) is 0 Å². The van der Waals surface area contributed by atoms with Gasteiger partial charge in [-0.1, -0.05) is 22.0 Å². The molecule has 3 heterocycles. The molecule has 156 valence electrons. The molecule has 0 aliphatic carbocycles. The van der Waals surface area contributed by atoms with Crippen LogP contribution < -0.4 is 4.90 Å². The Bertz CT molecular complexity index is 1040. The Hall–Kier alpha value is -1.87. The maximum Gasteiger partial charge on any atom is 0.254 e. The summed E-state index contributed by atoms with van der Waals surface area (Å²) in [5.74, 6) is 0.455. The summed E-state index contributed by atoms with van der Waals surface area (Å²) in [6, 6.07) is 7.40. The Morgan fingerprint density at radius 3 is 2.52 bits per heavy atom. The number of aromatic nitrogens is 2. The molecule has 1 unspecified atom stereocenters. The number of aryl methyl sites for hydroxylation is 1. The highest BCUT2D eigenvalue weighted by Crippen LogP contribution is 2.31. The summed E-state index contributed by atoms with van der Waals surface area (Å²) in [5.41, 5.74) is 3.69. The highest BCUT2D eigenvalue weighted by atomic mass is 79.9. The molecular formula is C20H25BrN4O3S. The number of sulfone groups is 1. The summed E-state index contributed by atoms with van der Waals surface area (Å²) in [5, 5.41) is 4.67. The van der Waals surface area contributed by atoms with Gasteiger partial charge in [-0.25, -0.2) is 8.42 Å². The van der Waals surface area contributed by atoms with E-state index in [0.717, 1.165) is 34.6 Å². The number of nitrogens with zero attached hydrogens (tertiary/aromatic N) is 4. The SMILES string of the molecule is Cc1nn(C2CCS(=O)(=O)C2)c(C)c1N1CCN(C(=O)c2cccc(Br)c2)CC1. The molecule has 2 saturated heterocycles. The van der Waals surface area contributed by atoms with Gasteiger partial charge in [-0.2, -0.15) is 5.10 Å². The highest BCUT2D eigenvalue weighted by Gasteiger charge is 2.33. The fraction of sp³-hybridized carbons (Fsp3) is 0.500. The van der Waals surface area contributed by atoms with Crippen molar-refractivity contribution in [2.24, 2.45) is 0 Å². The Kier molecular flexibility index (Phi) is 5.46. The zero-order chi connectivity index (χ0) is 20.8. The number of hydrogen-bond donors (Lipinski definition) is 0. The van der Waals surface area contributed by atoms with Crippen molar-refractivity contribution in [1.29, 1.82) is 0 Å². The molecule has 1 amide bonds. The summed E-state index contributed by atoms with van der Waals surface area (Å²) < 4.78 is 26.5. The molecule has 29 heavy (non-hydrogen) atoms. The Morgan fingerprint density at radius 2 is 1.90 bits per heavy atom. The maximum atomic E-state index is 12.8. The zero-order valence-electron chi connectivity index (χ0n) is 16.6. The molecular weight excluding hydrogens is 456 g/mol. The molecule has 1 aromatic heterocycles. The number of carbonyl (C=O) groups excluding carboxylic acids is 1. The monoisotopic (exact) mass is 480 g/mol. The lowest BCUT2D eigenvalue weighted by Crippen LogP contribution is -2.49. The maximum absolute atomic E-state index is 12.8. The second-order valence-electron chi connectivity index (χ2n) is 7.81. The van der Waals surface area contributed by atoms with Crippen LogP contribution in [0.15, 0.2) is 28.7 Å². The zero-order valence-corrected chi connectivity index (χ0v) is 19.0. The van der Waals surface area contributed by atoms with Crippen LogP contribution in [0.1, 0.15) is 34.2 Å². The van der Waals surface area contributed by atoms with Crippen molar-refractivity contribution in [3.05, 3.63) is 45.7 Å². The van der Waals surface area contributed by atoms with Crippen molar-refractivity contribution in [1.82, 2.24) is 14.7 Å². The lowest BCUT2D eigenvalue weighted by Gasteiger charge is -2.36. The van der Waals surface area contributed by atoms with Crippen LogP contribution >= 0.6 is 15.9 Å². The van der Waals surface area contributed by atoms with Crippen LogP contribution in [0.5, 0.6) is 0 Å². The molecule has 2 aromatic rings. The third-order valence-electron chi connectivity index (χ3n) is 5.80. The second kappa shape index (κ2) is 7.75. The first-order valence-electron chi connectivity index (χ1n) is 9.81. The topological polar surface area (TPSA) is 75.5 Å². The molecule has 0 saturated carbocycles. The molecule has 4 rings (SSSR count). The van der Waals surface area contributed by atoms with Gasteiger partial charge in [-0.3, -0.25) is 9.48 Å². The smallest absolute Gasteiger partial charge is 0.254 e. The Balaban J connectivity index is 1.47. The first kappa shape index (κ1) is 20.4. The fourth-order valence-electron chi connectivity index (χ4n) is 4.37. The average Bonchev–Trinajstić information content (AvgIpc) is 3.19. The normalized spacial score (nSPS) is 21.6. The third-order valence-corrected chi connectivity index (χ3v) is 8.04.